The minimum atomic E-state index is -0.673. The number of aliphatic hydroxyl groups excluding tert-OH is 1. The van der Waals surface area contributed by atoms with E-state index in [2.05, 4.69) is 15.9 Å². The molecule has 144 valence electrons. The Morgan fingerprint density at radius 2 is 1.96 bits per heavy atom. The summed E-state index contributed by atoms with van der Waals surface area (Å²) in [6, 6.07) is 16.1. The van der Waals surface area contributed by atoms with Gasteiger partial charge in [-0.15, -0.1) is 0 Å². The van der Waals surface area contributed by atoms with Crippen LogP contribution in [0, 0.1) is 0 Å². The third kappa shape index (κ3) is 4.24. The molecule has 0 saturated carbocycles. The zero-order chi connectivity index (χ0) is 20.1. The van der Waals surface area contributed by atoms with E-state index in [1.165, 1.54) is 18.1 Å². The molecule has 1 heterocycles. The molecule has 1 amide bonds. The Morgan fingerprint density at radius 1 is 1.21 bits per heavy atom. The molecule has 5 nitrogen and oxygen atoms in total. The maximum Gasteiger partial charge on any atom is 0.290 e. The predicted octanol–water partition coefficient (Wildman–Crippen LogP) is 4.07. The fourth-order valence-electron chi connectivity index (χ4n) is 3.17. The first kappa shape index (κ1) is 20.0. The van der Waals surface area contributed by atoms with Crippen LogP contribution in [-0.2, 0) is 14.3 Å². The summed E-state index contributed by atoms with van der Waals surface area (Å²) in [7, 11) is 1.54. The number of aliphatic hydroxyl groups is 1. The molecule has 0 bridgehead atoms. The minimum Gasteiger partial charge on any atom is -0.503 e. The summed E-state index contributed by atoms with van der Waals surface area (Å²) in [4.78, 5) is 27.0. The first-order valence-corrected chi connectivity index (χ1v) is 9.58. The lowest BCUT2D eigenvalue weighted by atomic mass is 9.95. The van der Waals surface area contributed by atoms with E-state index < -0.39 is 23.5 Å². The van der Waals surface area contributed by atoms with Crippen LogP contribution in [0.3, 0.4) is 0 Å². The van der Waals surface area contributed by atoms with E-state index in [-0.39, 0.29) is 12.1 Å². The van der Waals surface area contributed by atoms with Crippen LogP contribution < -0.4 is 0 Å². The van der Waals surface area contributed by atoms with Gasteiger partial charge in [-0.3, -0.25) is 9.59 Å². The largest absolute Gasteiger partial charge is 0.503 e. The van der Waals surface area contributed by atoms with Gasteiger partial charge in [-0.05, 0) is 29.3 Å². The number of amides is 1. The number of rotatable bonds is 7. The summed E-state index contributed by atoms with van der Waals surface area (Å²) in [5, 5.41) is 10.5. The zero-order valence-electron chi connectivity index (χ0n) is 15.3. The Hall–Kier alpha value is -2.70. The standard InChI is InChI=1S/C22H20BrNO4/c1-28-13-12-24-20(16-8-5-9-17(23)14-16)19(21(26)22(24)27)18(25)11-10-15-6-3-2-4-7-15/h2-11,14,20,26H,12-13H2,1H3/b11-10+. The molecule has 1 atom stereocenters. The van der Waals surface area contributed by atoms with Gasteiger partial charge in [-0.1, -0.05) is 64.5 Å². The number of halogens is 1. The second-order valence-electron chi connectivity index (χ2n) is 6.32. The van der Waals surface area contributed by atoms with Crippen molar-refractivity contribution in [1.29, 1.82) is 0 Å². The number of methoxy groups -OCH3 is 1. The van der Waals surface area contributed by atoms with Crippen molar-refractivity contribution >= 4 is 33.7 Å². The Bertz CT molecular complexity index is 937. The monoisotopic (exact) mass is 441 g/mol. The fourth-order valence-corrected chi connectivity index (χ4v) is 3.59. The van der Waals surface area contributed by atoms with E-state index >= 15 is 0 Å². The van der Waals surface area contributed by atoms with Gasteiger partial charge in [0.2, 0.25) is 0 Å². The van der Waals surface area contributed by atoms with Gasteiger partial charge in [0.15, 0.2) is 11.5 Å². The lowest BCUT2D eigenvalue weighted by Crippen LogP contribution is -2.33. The molecule has 0 fully saturated rings. The summed E-state index contributed by atoms with van der Waals surface area (Å²) in [5.74, 6) is -1.48. The van der Waals surface area contributed by atoms with Crippen molar-refractivity contribution in [3.8, 4) is 0 Å². The van der Waals surface area contributed by atoms with Gasteiger partial charge in [-0.2, -0.15) is 0 Å². The fraction of sp³-hybridized carbons (Fsp3) is 0.182. The molecule has 0 radical (unpaired) electrons. The summed E-state index contributed by atoms with van der Waals surface area (Å²) in [6.45, 7) is 0.556. The van der Waals surface area contributed by atoms with Gasteiger partial charge in [-0.25, -0.2) is 0 Å². The SMILES string of the molecule is COCCN1C(=O)C(O)=C(C(=O)/C=C/c2ccccc2)C1c1cccc(Br)c1. The van der Waals surface area contributed by atoms with Crippen molar-refractivity contribution in [2.45, 2.75) is 6.04 Å². The number of benzene rings is 2. The first-order valence-electron chi connectivity index (χ1n) is 8.79. The van der Waals surface area contributed by atoms with Crippen molar-refractivity contribution in [2.75, 3.05) is 20.3 Å². The Balaban J connectivity index is 1.98. The molecule has 6 heteroatoms. The molecular weight excluding hydrogens is 422 g/mol. The van der Waals surface area contributed by atoms with Crippen LogP contribution >= 0.6 is 15.9 Å². The van der Waals surface area contributed by atoms with E-state index in [9.17, 15) is 14.7 Å². The lowest BCUT2D eigenvalue weighted by Gasteiger charge is -2.26. The van der Waals surface area contributed by atoms with E-state index in [0.717, 1.165) is 15.6 Å². The predicted molar refractivity (Wildman–Crippen MR) is 111 cm³/mol. The summed E-state index contributed by atoms with van der Waals surface area (Å²) in [5.41, 5.74) is 1.67. The van der Waals surface area contributed by atoms with Crippen LogP contribution in [0.4, 0.5) is 0 Å². The zero-order valence-corrected chi connectivity index (χ0v) is 16.9. The molecule has 28 heavy (non-hydrogen) atoms. The second-order valence-corrected chi connectivity index (χ2v) is 7.24. The van der Waals surface area contributed by atoms with E-state index in [4.69, 9.17) is 4.74 Å². The number of carbonyl (C=O) groups is 2. The number of allylic oxidation sites excluding steroid dienone is 1. The highest BCUT2D eigenvalue weighted by Crippen LogP contribution is 2.38. The number of hydrogen-bond acceptors (Lipinski definition) is 4. The molecule has 1 unspecified atom stereocenters. The molecule has 2 aromatic carbocycles. The summed E-state index contributed by atoms with van der Waals surface area (Å²) in [6.07, 6.45) is 3.06. The average molecular weight is 442 g/mol. The summed E-state index contributed by atoms with van der Waals surface area (Å²) < 4.78 is 5.92. The maximum absolute atomic E-state index is 12.9. The van der Waals surface area contributed by atoms with Gasteiger partial charge >= 0.3 is 0 Å². The first-order chi connectivity index (χ1) is 13.5. The Morgan fingerprint density at radius 3 is 2.64 bits per heavy atom. The van der Waals surface area contributed by atoms with E-state index in [0.29, 0.717) is 6.61 Å². The maximum atomic E-state index is 12.9. The molecule has 1 aliphatic rings. The third-order valence-electron chi connectivity index (χ3n) is 4.50. The second kappa shape index (κ2) is 8.99. The number of nitrogens with zero attached hydrogens (tertiary/aromatic N) is 1. The number of carbonyl (C=O) groups excluding carboxylic acids is 2. The number of ketones is 1. The topological polar surface area (TPSA) is 66.8 Å². The Kier molecular flexibility index (Phi) is 6.44. The van der Waals surface area contributed by atoms with Gasteiger partial charge in [0.1, 0.15) is 0 Å². The van der Waals surface area contributed by atoms with Crippen LogP contribution in [0.25, 0.3) is 6.08 Å². The molecule has 1 N–H and O–H groups in total. The molecule has 1 aliphatic heterocycles. The molecule has 0 aromatic heterocycles. The van der Waals surface area contributed by atoms with Crippen molar-refractivity contribution in [3.63, 3.8) is 0 Å². The lowest BCUT2D eigenvalue weighted by molar-refractivity contribution is -0.130. The smallest absolute Gasteiger partial charge is 0.290 e. The molecule has 0 aliphatic carbocycles. The van der Waals surface area contributed by atoms with Crippen LogP contribution in [-0.4, -0.2) is 42.0 Å². The van der Waals surface area contributed by atoms with Crippen LogP contribution in [0.5, 0.6) is 0 Å². The number of hydrogen-bond donors (Lipinski definition) is 1. The Labute approximate surface area is 172 Å². The summed E-state index contributed by atoms with van der Waals surface area (Å²) >= 11 is 3.42. The highest BCUT2D eigenvalue weighted by atomic mass is 79.9. The third-order valence-corrected chi connectivity index (χ3v) is 4.99. The van der Waals surface area contributed by atoms with Gasteiger partial charge in [0.25, 0.3) is 5.91 Å². The van der Waals surface area contributed by atoms with Crippen LogP contribution in [0.1, 0.15) is 17.2 Å². The van der Waals surface area contributed by atoms with Gasteiger partial charge in [0, 0.05) is 18.1 Å². The van der Waals surface area contributed by atoms with Gasteiger partial charge < -0.3 is 14.7 Å². The van der Waals surface area contributed by atoms with E-state index in [1.54, 1.807) is 6.08 Å². The average Bonchev–Trinajstić information content (AvgIpc) is 2.96. The van der Waals surface area contributed by atoms with Crippen LogP contribution in [0.2, 0.25) is 0 Å². The molecule has 0 spiro atoms. The van der Waals surface area contributed by atoms with Crippen molar-refractivity contribution in [3.05, 3.63) is 87.6 Å². The van der Waals surface area contributed by atoms with E-state index in [1.807, 2.05) is 54.6 Å². The highest BCUT2D eigenvalue weighted by Gasteiger charge is 2.42. The normalized spacial score (nSPS) is 17.0. The van der Waals surface area contributed by atoms with Crippen molar-refractivity contribution < 1.29 is 19.4 Å². The van der Waals surface area contributed by atoms with Crippen LogP contribution in [0.15, 0.2) is 76.5 Å². The number of ether oxygens (including phenoxy) is 1. The quantitative estimate of drug-likeness (QED) is 0.657. The molecule has 2 aromatic rings. The minimum absolute atomic E-state index is 0.0754. The van der Waals surface area contributed by atoms with Crippen molar-refractivity contribution in [2.24, 2.45) is 0 Å². The van der Waals surface area contributed by atoms with Crippen molar-refractivity contribution in [1.82, 2.24) is 4.90 Å². The van der Waals surface area contributed by atoms with Gasteiger partial charge in [0.05, 0.1) is 18.2 Å². The molecule has 0 saturated heterocycles. The highest BCUT2D eigenvalue weighted by molar-refractivity contribution is 9.10. The molecule has 3 rings (SSSR count). The molecular formula is C22H20BrNO4.